The van der Waals surface area contributed by atoms with E-state index in [0.29, 0.717) is 12.1 Å². The van der Waals surface area contributed by atoms with Gasteiger partial charge in [0, 0.05) is 13.1 Å². The first-order valence-corrected chi connectivity index (χ1v) is 5.66. The molecule has 0 aliphatic rings. The molecule has 0 spiro atoms. The van der Waals surface area contributed by atoms with Gasteiger partial charge in [-0.2, -0.15) is 5.10 Å². The normalized spacial score (nSPS) is 10.7. The molecule has 0 atom stereocenters. The molecule has 2 rings (SSSR count). The molecule has 0 saturated heterocycles. The third-order valence-corrected chi connectivity index (χ3v) is 2.81. The Balaban J connectivity index is 2.15. The van der Waals surface area contributed by atoms with Crippen molar-refractivity contribution in [3.8, 4) is 0 Å². The van der Waals surface area contributed by atoms with Gasteiger partial charge in [0.2, 0.25) is 0 Å². The topological polar surface area (TPSA) is 29.9 Å². The molecule has 0 radical (unpaired) electrons. The van der Waals surface area contributed by atoms with Crippen LogP contribution in [0.3, 0.4) is 0 Å². The van der Waals surface area contributed by atoms with Crippen LogP contribution in [0, 0.1) is 25.5 Å². The fraction of sp³-hybridized carbons (Fsp3) is 0.308. The summed E-state index contributed by atoms with van der Waals surface area (Å²) in [6.45, 7) is 3.82. The Hall–Kier alpha value is -1.91. The predicted molar refractivity (Wildman–Crippen MR) is 66.4 cm³/mol. The summed E-state index contributed by atoms with van der Waals surface area (Å²) < 4.78 is 28.6. The number of aromatic nitrogens is 2. The second kappa shape index (κ2) is 4.76. The van der Waals surface area contributed by atoms with Crippen LogP contribution in [0.15, 0.2) is 18.2 Å². The summed E-state index contributed by atoms with van der Waals surface area (Å²) in [6.07, 6.45) is 0. The molecule has 0 unspecified atom stereocenters. The number of nitrogens with zero attached hydrogens (tertiary/aromatic N) is 2. The van der Waals surface area contributed by atoms with Gasteiger partial charge in [-0.05, 0) is 31.5 Å². The van der Waals surface area contributed by atoms with Crippen molar-refractivity contribution in [1.29, 1.82) is 0 Å². The molecule has 2 aromatic rings. The van der Waals surface area contributed by atoms with Gasteiger partial charge >= 0.3 is 0 Å². The number of nitrogens with one attached hydrogen (secondary N) is 1. The van der Waals surface area contributed by atoms with Crippen molar-refractivity contribution in [3.63, 3.8) is 0 Å². The molecule has 1 N–H and O–H groups in total. The molecule has 0 aliphatic heterocycles. The maximum absolute atomic E-state index is 13.6. The van der Waals surface area contributed by atoms with Gasteiger partial charge in [-0.25, -0.2) is 8.78 Å². The third kappa shape index (κ3) is 2.50. The van der Waals surface area contributed by atoms with E-state index in [-0.39, 0.29) is 5.69 Å². The Bertz CT molecular complexity index is 576. The lowest BCUT2D eigenvalue weighted by Gasteiger charge is -2.09. The van der Waals surface area contributed by atoms with Crippen LogP contribution in [-0.2, 0) is 13.6 Å². The van der Waals surface area contributed by atoms with Gasteiger partial charge < -0.3 is 5.32 Å². The Morgan fingerprint density at radius 1 is 1.17 bits per heavy atom. The summed E-state index contributed by atoms with van der Waals surface area (Å²) in [5.41, 5.74) is 2.27. The predicted octanol–water partition coefficient (Wildman–Crippen LogP) is 2.93. The van der Waals surface area contributed by atoms with Gasteiger partial charge in [-0.3, -0.25) is 4.68 Å². The third-order valence-electron chi connectivity index (χ3n) is 2.81. The first-order chi connectivity index (χ1) is 8.47. The quantitative estimate of drug-likeness (QED) is 0.909. The lowest BCUT2D eigenvalue weighted by molar-refractivity contribution is 0.594. The largest absolute Gasteiger partial charge is 0.377 e. The van der Waals surface area contributed by atoms with E-state index in [1.165, 1.54) is 19.1 Å². The van der Waals surface area contributed by atoms with E-state index in [0.717, 1.165) is 11.4 Å². The molecule has 0 bridgehead atoms. The second-order valence-corrected chi connectivity index (χ2v) is 4.34. The zero-order valence-electron chi connectivity index (χ0n) is 10.6. The van der Waals surface area contributed by atoms with Crippen molar-refractivity contribution < 1.29 is 8.78 Å². The Morgan fingerprint density at radius 2 is 1.89 bits per heavy atom. The van der Waals surface area contributed by atoms with Gasteiger partial charge in [0.15, 0.2) is 0 Å². The highest BCUT2D eigenvalue weighted by Gasteiger charge is 2.08. The van der Waals surface area contributed by atoms with E-state index >= 15 is 0 Å². The Morgan fingerprint density at radius 3 is 2.50 bits per heavy atom. The molecule has 18 heavy (non-hydrogen) atoms. The molecule has 1 aromatic carbocycles. The number of aryl methyl sites for hydroxylation is 3. The summed E-state index contributed by atoms with van der Waals surface area (Å²) >= 11 is 0. The number of hydrogen-bond donors (Lipinski definition) is 1. The average Bonchev–Trinajstić information content (AvgIpc) is 2.61. The highest BCUT2D eigenvalue weighted by atomic mass is 19.1. The number of rotatable bonds is 3. The zero-order valence-corrected chi connectivity index (χ0v) is 10.6. The molecule has 3 nitrogen and oxygen atoms in total. The standard InChI is InChI=1S/C13H15F2N3/c1-8-4-12(15)13(6-11(8)14)16-7-10-5-9(2)17-18(10)3/h4-6,16H,7H2,1-3H3. The molecule has 0 amide bonds. The number of hydrogen-bond acceptors (Lipinski definition) is 2. The number of halogens is 2. The maximum Gasteiger partial charge on any atom is 0.146 e. The summed E-state index contributed by atoms with van der Waals surface area (Å²) in [5.74, 6) is -0.868. The van der Waals surface area contributed by atoms with E-state index in [2.05, 4.69) is 10.4 Å². The van der Waals surface area contributed by atoms with Crippen molar-refractivity contribution in [3.05, 3.63) is 46.8 Å². The SMILES string of the molecule is Cc1cc(CNc2cc(F)c(C)cc2F)n(C)n1. The Kier molecular flexibility index (Phi) is 3.32. The minimum Gasteiger partial charge on any atom is -0.377 e. The highest BCUT2D eigenvalue weighted by Crippen LogP contribution is 2.19. The van der Waals surface area contributed by atoms with Gasteiger partial charge in [0.05, 0.1) is 23.6 Å². The lowest BCUT2D eigenvalue weighted by Crippen LogP contribution is -2.07. The maximum atomic E-state index is 13.6. The summed E-state index contributed by atoms with van der Waals surface area (Å²) in [5, 5.41) is 7.06. The molecule has 5 heteroatoms. The minimum atomic E-state index is -0.451. The van der Waals surface area contributed by atoms with Crippen molar-refractivity contribution in [2.24, 2.45) is 7.05 Å². The molecular weight excluding hydrogens is 236 g/mol. The monoisotopic (exact) mass is 251 g/mol. The fourth-order valence-electron chi connectivity index (χ4n) is 1.80. The average molecular weight is 251 g/mol. The van der Waals surface area contributed by atoms with Crippen LogP contribution in [-0.4, -0.2) is 9.78 Å². The molecule has 0 fully saturated rings. The van der Waals surface area contributed by atoms with Crippen LogP contribution >= 0.6 is 0 Å². The highest BCUT2D eigenvalue weighted by molar-refractivity contribution is 5.47. The number of anilines is 1. The summed E-state index contributed by atoms with van der Waals surface area (Å²) in [4.78, 5) is 0. The Labute approximate surface area is 104 Å². The van der Waals surface area contributed by atoms with E-state index < -0.39 is 11.6 Å². The van der Waals surface area contributed by atoms with Crippen molar-refractivity contribution >= 4 is 5.69 Å². The van der Waals surface area contributed by atoms with Crippen LogP contribution in [0.5, 0.6) is 0 Å². The molecule has 96 valence electrons. The fourth-order valence-corrected chi connectivity index (χ4v) is 1.80. The van der Waals surface area contributed by atoms with Crippen LogP contribution in [0.1, 0.15) is 17.0 Å². The first kappa shape index (κ1) is 12.5. The second-order valence-electron chi connectivity index (χ2n) is 4.34. The van der Waals surface area contributed by atoms with Gasteiger partial charge in [0.1, 0.15) is 11.6 Å². The molecule has 1 heterocycles. The number of benzene rings is 1. The van der Waals surface area contributed by atoms with Crippen molar-refractivity contribution in [2.45, 2.75) is 20.4 Å². The summed E-state index contributed by atoms with van der Waals surface area (Å²) in [6, 6.07) is 4.26. The zero-order chi connectivity index (χ0) is 13.3. The molecular formula is C13H15F2N3. The van der Waals surface area contributed by atoms with Crippen LogP contribution < -0.4 is 5.32 Å². The van der Waals surface area contributed by atoms with E-state index in [4.69, 9.17) is 0 Å². The van der Waals surface area contributed by atoms with Crippen molar-refractivity contribution in [1.82, 2.24) is 9.78 Å². The minimum absolute atomic E-state index is 0.164. The van der Waals surface area contributed by atoms with Crippen LogP contribution in [0.4, 0.5) is 14.5 Å². The van der Waals surface area contributed by atoms with Crippen LogP contribution in [0.2, 0.25) is 0 Å². The lowest BCUT2D eigenvalue weighted by atomic mass is 10.2. The smallest absolute Gasteiger partial charge is 0.146 e. The van der Waals surface area contributed by atoms with Crippen LogP contribution in [0.25, 0.3) is 0 Å². The van der Waals surface area contributed by atoms with Crippen molar-refractivity contribution in [2.75, 3.05) is 5.32 Å². The van der Waals surface area contributed by atoms with E-state index in [9.17, 15) is 8.78 Å². The summed E-state index contributed by atoms with van der Waals surface area (Å²) in [7, 11) is 1.82. The van der Waals surface area contributed by atoms with Gasteiger partial charge in [-0.1, -0.05) is 0 Å². The van der Waals surface area contributed by atoms with Gasteiger partial charge in [-0.15, -0.1) is 0 Å². The molecule has 1 aromatic heterocycles. The first-order valence-electron chi connectivity index (χ1n) is 5.66. The van der Waals surface area contributed by atoms with E-state index in [1.807, 2.05) is 20.0 Å². The van der Waals surface area contributed by atoms with E-state index in [1.54, 1.807) is 4.68 Å². The molecule has 0 aliphatic carbocycles. The molecule has 0 saturated carbocycles. The van der Waals surface area contributed by atoms with Gasteiger partial charge in [0.25, 0.3) is 0 Å².